The minimum absolute atomic E-state index is 0.0143. The van der Waals surface area contributed by atoms with Gasteiger partial charge in [0.15, 0.2) is 0 Å². The molecule has 1 N–H and O–H groups in total. The average Bonchev–Trinajstić information content (AvgIpc) is 3.33. The molecular weight excluding hydrogens is 382 g/mol. The summed E-state index contributed by atoms with van der Waals surface area (Å²) in [4.78, 5) is 31.2. The van der Waals surface area contributed by atoms with Crippen molar-refractivity contribution < 1.29 is 14.3 Å². The number of hydrogen-bond acceptors (Lipinski definition) is 6. The van der Waals surface area contributed by atoms with Crippen LogP contribution in [0.2, 0.25) is 0 Å². The molecule has 1 aliphatic rings. The minimum atomic E-state index is -0.405. The van der Waals surface area contributed by atoms with Crippen LogP contribution in [0.5, 0.6) is 5.75 Å². The zero-order valence-electron chi connectivity index (χ0n) is 15.4. The number of amides is 2. The van der Waals surface area contributed by atoms with E-state index in [4.69, 9.17) is 4.74 Å². The molecule has 8 heteroatoms. The molecule has 144 valence electrons. The lowest BCUT2D eigenvalue weighted by Crippen LogP contribution is -2.47. The topological polar surface area (TPSA) is 71.5 Å². The maximum absolute atomic E-state index is 12.6. The van der Waals surface area contributed by atoms with Crippen LogP contribution < -0.4 is 10.1 Å². The third-order valence-corrected chi connectivity index (χ3v) is 6.24. The fraction of sp³-hybridized carbons (Fsp3) is 0.421. The minimum Gasteiger partial charge on any atom is -0.497 e. The normalized spacial score (nSPS) is 16.4. The van der Waals surface area contributed by atoms with E-state index in [9.17, 15) is 9.59 Å². The summed E-state index contributed by atoms with van der Waals surface area (Å²) in [6.45, 7) is 2.34. The number of benzene rings is 1. The number of nitrogens with one attached hydrogen (secondary N) is 1. The van der Waals surface area contributed by atoms with Crippen LogP contribution in [0.15, 0.2) is 29.6 Å². The first-order valence-corrected chi connectivity index (χ1v) is 10.8. The van der Waals surface area contributed by atoms with E-state index < -0.39 is 6.04 Å². The van der Waals surface area contributed by atoms with Gasteiger partial charge in [0.1, 0.15) is 11.8 Å². The summed E-state index contributed by atoms with van der Waals surface area (Å²) in [7, 11) is 1.63. The predicted molar refractivity (Wildman–Crippen MR) is 108 cm³/mol. The van der Waals surface area contributed by atoms with Crippen LogP contribution in [0.3, 0.4) is 0 Å². The molecule has 1 aliphatic heterocycles. The summed E-state index contributed by atoms with van der Waals surface area (Å²) in [6, 6.07) is 7.30. The van der Waals surface area contributed by atoms with Gasteiger partial charge >= 0.3 is 0 Å². The van der Waals surface area contributed by atoms with Gasteiger partial charge in [0.2, 0.25) is 11.8 Å². The Labute approximate surface area is 167 Å². The van der Waals surface area contributed by atoms with Crippen molar-refractivity contribution in [3.8, 4) is 5.75 Å². The monoisotopic (exact) mass is 405 g/mol. The van der Waals surface area contributed by atoms with Crippen LogP contribution >= 0.6 is 23.1 Å². The fourth-order valence-corrected chi connectivity index (χ4v) is 4.67. The van der Waals surface area contributed by atoms with Crippen molar-refractivity contribution in [2.75, 3.05) is 18.7 Å². The first-order valence-electron chi connectivity index (χ1n) is 8.75. The number of aromatic nitrogens is 1. The Kier molecular flexibility index (Phi) is 6.73. The molecule has 0 bridgehead atoms. The third-order valence-electron chi connectivity index (χ3n) is 4.40. The molecule has 6 nitrogen and oxygen atoms in total. The quantitative estimate of drug-likeness (QED) is 0.767. The van der Waals surface area contributed by atoms with E-state index in [-0.39, 0.29) is 11.8 Å². The highest BCUT2D eigenvalue weighted by molar-refractivity contribution is 7.99. The number of carbonyl (C=O) groups is 2. The van der Waals surface area contributed by atoms with Crippen LogP contribution in [-0.4, -0.2) is 46.5 Å². The van der Waals surface area contributed by atoms with E-state index in [2.05, 4.69) is 10.3 Å². The Morgan fingerprint density at radius 2 is 2.11 bits per heavy atom. The van der Waals surface area contributed by atoms with Crippen molar-refractivity contribution in [3.05, 3.63) is 45.9 Å². The highest BCUT2D eigenvalue weighted by Crippen LogP contribution is 2.23. The van der Waals surface area contributed by atoms with Crippen LogP contribution in [0.1, 0.15) is 22.7 Å². The van der Waals surface area contributed by atoms with Gasteiger partial charge in [-0.25, -0.2) is 4.98 Å². The molecular formula is C19H23N3O3S2. The van der Waals surface area contributed by atoms with Gasteiger partial charge in [-0.2, -0.15) is 0 Å². The van der Waals surface area contributed by atoms with Gasteiger partial charge in [-0.05, 0) is 31.0 Å². The maximum Gasteiger partial charge on any atom is 0.244 e. The lowest BCUT2D eigenvalue weighted by molar-refractivity contribution is -0.138. The van der Waals surface area contributed by atoms with Crippen LogP contribution in [0.25, 0.3) is 0 Å². The summed E-state index contributed by atoms with van der Waals surface area (Å²) in [5, 5.41) is 5.83. The van der Waals surface area contributed by atoms with E-state index in [0.29, 0.717) is 31.0 Å². The molecule has 1 aromatic heterocycles. The second-order valence-corrected chi connectivity index (χ2v) is 8.36. The number of nitrogens with zero attached hydrogens (tertiary/aromatic N) is 2. The van der Waals surface area contributed by atoms with Crippen LogP contribution in [-0.2, 0) is 22.6 Å². The molecule has 0 saturated carbocycles. The van der Waals surface area contributed by atoms with Gasteiger partial charge in [-0.3, -0.25) is 9.59 Å². The van der Waals surface area contributed by atoms with Crippen molar-refractivity contribution in [2.45, 2.75) is 32.4 Å². The lowest BCUT2D eigenvalue weighted by Gasteiger charge is -2.23. The molecule has 0 unspecified atom stereocenters. The van der Waals surface area contributed by atoms with Crippen molar-refractivity contribution in [1.82, 2.24) is 15.2 Å². The molecule has 1 saturated heterocycles. The second-order valence-electron chi connectivity index (χ2n) is 6.30. The molecule has 2 aromatic rings. The summed E-state index contributed by atoms with van der Waals surface area (Å²) in [5.41, 5.74) is 1.93. The molecule has 0 aliphatic carbocycles. The van der Waals surface area contributed by atoms with E-state index in [1.54, 1.807) is 35.1 Å². The Bertz CT molecular complexity index is 792. The molecule has 1 fully saturated rings. The molecule has 27 heavy (non-hydrogen) atoms. The van der Waals surface area contributed by atoms with Gasteiger partial charge < -0.3 is 15.0 Å². The lowest BCUT2D eigenvalue weighted by atomic mass is 10.1. The first-order chi connectivity index (χ1) is 13.1. The molecule has 2 heterocycles. The number of thioether (sulfide) groups is 1. The van der Waals surface area contributed by atoms with E-state index in [0.717, 1.165) is 22.0 Å². The molecule has 3 rings (SSSR count). The van der Waals surface area contributed by atoms with Gasteiger partial charge in [0.25, 0.3) is 0 Å². The predicted octanol–water partition coefficient (Wildman–Crippen LogP) is 2.61. The van der Waals surface area contributed by atoms with Crippen molar-refractivity contribution in [3.63, 3.8) is 0 Å². The van der Waals surface area contributed by atoms with Crippen LogP contribution in [0, 0.1) is 6.92 Å². The highest BCUT2D eigenvalue weighted by atomic mass is 32.2. The molecule has 1 atom stereocenters. The molecule has 0 spiro atoms. The van der Waals surface area contributed by atoms with Crippen molar-refractivity contribution in [1.29, 1.82) is 0 Å². The summed E-state index contributed by atoms with van der Waals surface area (Å²) in [6.07, 6.45) is 1.04. The zero-order chi connectivity index (χ0) is 19.2. The number of hydrogen-bond donors (Lipinski definition) is 1. The number of ether oxygens (including phenoxy) is 1. The Balaban J connectivity index is 1.51. The Morgan fingerprint density at radius 3 is 2.78 bits per heavy atom. The second kappa shape index (κ2) is 9.23. The van der Waals surface area contributed by atoms with E-state index in [1.165, 1.54) is 0 Å². The molecule has 0 radical (unpaired) electrons. The maximum atomic E-state index is 12.6. The molecule has 2 amide bonds. The number of aryl methyl sites for hydroxylation is 2. The van der Waals surface area contributed by atoms with Crippen molar-refractivity contribution >= 4 is 34.9 Å². The average molecular weight is 406 g/mol. The SMILES string of the molecule is COc1ccc(CCC(=O)N2CSC[C@@H]2C(=O)NCc2csc(C)n2)cc1. The first kappa shape index (κ1) is 19.7. The third kappa shape index (κ3) is 5.23. The van der Waals surface area contributed by atoms with Gasteiger partial charge in [-0.1, -0.05) is 12.1 Å². The van der Waals surface area contributed by atoms with Gasteiger partial charge in [0, 0.05) is 17.6 Å². The smallest absolute Gasteiger partial charge is 0.244 e. The molecule has 1 aromatic carbocycles. The highest BCUT2D eigenvalue weighted by Gasteiger charge is 2.34. The van der Waals surface area contributed by atoms with Gasteiger partial charge in [0.05, 0.1) is 30.2 Å². The van der Waals surface area contributed by atoms with Crippen LogP contribution in [0.4, 0.5) is 0 Å². The van der Waals surface area contributed by atoms with Crippen molar-refractivity contribution in [2.24, 2.45) is 0 Å². The van der Waals surface area contributed by atoms with E-state index >= 15 is 0 Å². The number of thiazole rings is 1. The summed E-state index contributed by atoms with van der Waals surface area (Å²) >= 11 is 3.18. The largest absolute Gasteiger partial charge is 0.497 e. The standard InChI is InChI=1S/C19H23N3O3S2/c1-13-21-15(10-27-13)9-20-19(24)17-11-26-12-22(17)18(23)8-5-14-3-6-16(25-2)7-4-14/h3-4,6-7,10,17H,5,8-9,11-12H2,1-2H3,(H,20,24)/t17-/m1/s1. The van der Waals surface area contributed by atoms with E-state index in [1.807, 2.05) is 36.6 Å². The Hall–Kier alpha value is -2.06. The fourth-order valence-electron chi connectivity index (χ4n) is 2.88. The number of methoxy groups -OCH3 is 1. The summed E-state index contributed by atoms with van der Waals surface area (Å²) < 4.78 is 5.15. The number of carbonyl (C=O) groups excluding carboxylic acids is 2. The Morgan fingerprint density at radius 1 is 1.33 bits per heavy atom. The zero-order valence-corrected chi connectivity index (χ0v) is 17.1. The number of rotatable bonds is 7. The van der Waals surface area contributed by atoms with Gasteiger partial charge in [-0.15, -0.1) is 23.1 Å². The summed E-state index contributed by atoms with van der Waals surface area (Å²) in [5.74, 6) is 1.91.